The van der Waals surface area contributed by atoms with E-state index >= 15 is 0 Å². The van der Waals surface area contributed by atoms with Gasteiger partial charge in [-0.2, -0.15) is 0 Å². The first kappa shape index (κ1) is 21.4. The Kier molecular flexibility index (Phi) is 8.11. The van der Waals surface area contributed by atoms with Gasteiger partial charge in [-0.1, -0.05) is 49.3 Å². The SMILES string of the molecule is CCc1noc(CC)c1CNC(=NC)NCC1CCN(CCc2ccccc2)C1. The molecule has 1 aliphatic heterocycles. The van der Waals surface area contributed by atoms with E-state index in [1.54, 1.807) is 0 Å². The number of aromatic nitrogens is 1. The second-order valence-corrected chi connectivity index (χ2v) is 7.74. The first-order valence-electron chi connectivity index (χ1n) is 10.9. The fraction of sp³-hybridized carbons (Fsp3) is 0.565. The molecule has 1 aromatic heterocycles. The highest BCUT2D eigenvalue weighted by molar-refractivity contribution is 5.79. The summed E-state index contributed by atoms with van der Waals surface area (Å²) in [6, 6.07) is 10.8. The van der Waals surface area contributed by atoms with Crippen LogP contribution in [-0.2, 0) is 25.8 Å². The lowest BCUT2D eigenvalue weighted by Crippen LogP contribution is -2.40. The van der Waals surface area contributed by atoms with Crippen LogP contribution in [-0.4, -0.2) is 49.2 Å². The van der Waals surface area contributed by atoms with Crippen LogP contribution in [0.25, 0.3) is 0 Å². The zero-order chi connectivity index (χ0) is 20.5. The lowest BCUT2D eigenvalue weighted by atomic mass is 10.1. The summed E-state index contributed by atoms with van der Waals surface area (Å²) in [5.74, 6) is 2.48. The maximum absolute atomic E-state index is 5.45. The standard InChI is InChI=1S/C23H35N5O/c1-4-21-20(22(5-2)29-27-21)16-26-23(24-3)25-15-19-12-14-28(17-19)13-11-18-9-7-6-8-10-18/h6-10,19H,4-5,11-17H2,1-3H3,(H2,24,25,26). The van der Waals surface area contributed by atoms with E-state index in [0.717, 1.165) is 56.3 Å². The minimum atomic E-state index is 0.664. The number of hydrogen-bond acceptors (Lipinski definition) is 4. The first-order chi connectivity index (χ1) is 14.2. The van der Waals surface area contributed by atoms with E-state index < -0.39 is 0 Å². The number of nitrogens with zero attached hydrogens (tertiary/aromatic N) is 3. The molecule has 1 aliphatic rings. The molecule has 1 fully saturated rings. The Labute approximate surface area is 174 Å². The molecule has 0 aliphatic carbocycles. The van der Waals surface area contributed by atoms with Crippen molar-refractivity contribution in [2.75, 3.05) is 33.2 Å². The van der Waals surface area contributed by atoms with Gasteiger partial charge in [0.2, 0.25) is 0 Å². The third-order valence-corrected chi connectivity index (χ3v) is 5.75. The molecule has 0 spiro atoms. The van der Waals surface area contributed by atoms with Gasteiger partial charge in [0.15, 0.2) is 5.96 Å². The molecular weight excluding hydrogens is 362 g/mol. The highest BCUT2D eigenvalue weighted by atomic mass is 16.5. The van der Waals surface area contributed by atoms with Crippen molar-refractivity contribution in [3.05, 3.63) is 52.9 Å². The van der Waals surface area contributed by atoms with Gasteiger partial charge < -0.3 is 20.1 Å². The summed E-state index contributed by atoms with van der Waals surface area (Å²) < 4.78 is 5.45. The van der Waals surface area contributed by atoms with E-state index in [9.17, 15) is 0 Å². The Morgan fingerprint density at radius 2 is 2.03 bits per heavy atom. The van der Waals surface area contributed by atoms with E-state index in [1.807, 2.05) is 7.05 Å². The molecule has 1 saturated heterocycles. The molecule has 0 bridgehead atoms. The number of aryl methyl sites for hydroxylation is 2. The molecule has 1 atom stereocenters. The maximum atomic E-state index is 5.45. The van der Waals surface area contributed by atoms with Crippen LogP contribution in [0.3, 0.4) is 0 Å². The average molecular weight is 398 g/mol. The summed E-state index contributed by atoms with van der Waals surface area (Å²) in [6.45, 7) is 9.34. The van der Waals surface area contributed by atoms with Gasteiger partial charge >= 0.3 is 0 Å². The van der Waals surface area contributed by atoms with Crippen LogP contribution in [0, 0.1) is 5.92 Å². The molecule has 6 heteroatoms. The van der Waals surface area contributed by atoms with Crippen molar-refractivity contribution in [3.8, 4) is 0 Å². The van der Waals surface area contributed by atoms with Crippen LogP contribution in [0.15, 0.2) is 39.8 Å². The normalized spacial score (nSPS) is 17.6. The van der Waals surface area contributed by atoms with Gasteiger partial charge in [0, 0.05) is 45.2 Å². The predicted molar refractivity (Wildman–Crippen MR) is 118 cm³/mol. The number of guanidine groups is 1. The Hall–Kier alpha value is -2.34. The molecule has 2 aromatic rings. The van der Waals surface area contributed by atoms with Crippen LogP contribution < -0.4 is 10.6 Å². The van der Waals surface area contributed by atoms with E-state index in [-0.39, 0.29) is 0 Å². The maximum Gasteiger partial charge on any atom is 0.191 e. The molecule has 158 valence electrons. The average Bonchev–Trinajstić information content (AvgIpc) is 3.39. The molecule has 2 N–H and O–H groups in total. The summed E-state index contributed by atoms with van der Waals surface area (Å²) in [5, 5.41) is 11.1. The van der Waals surface area contributed by atoms with Gasteiger partial charge in [0.25, 0.3) is 0 Å². The predicted octanol–water partition coefficient (Wildman–Crippen LogP) is 3.03. The van der Waals surface area contributed by atoms with Crippen LogP contribution in [0.4, 0.5) is 0 Å². The van der Waals surface area contributed by atoms with Gasteiger partial charge in [-0.3, -0.25) is 4.99 Å². The minimum absolute atomic E-state index is 0.664. The zero-order valence-electron chi connectivity index (χ0n) is 18.1. The summed E-state index contributed by atoms with van der Waals surface area (Å²) in [6.07, 6.45) is 4.11. The smallest absolute Gasteiger partial charge is 0.191 e. The molecule has 2 heterocycles. The van der Waals surface area contributed by atoms with Crippen molar-refractivity contribution in [1.82, 2.24) is 20.7 Å². The number of rotatable bonds is 9. The van der Waals surface area contributed by atoms with Crippen molar-refractivity contribution >= 4 is 5.96 Å². The Morgan fingerprint density at radius 1 is 1.21 bits per heavy atom. The Balaban J connectivity index is 1.40. The number of hydrogen-bond donors (Lipinski definition) is 2. The quantitative estimate of drug-likeness (QED) is 0.503. The minimum Gasteiger partial charge on any atom is -0.361 e. The summed E-state index contributed by atoms with van der Waals surface area (Å²) in [4.78, 5) is 6.96. The molecule has 0 saturated carbocycles. The zero-order valence-corrected chi connectivity index (χ0v) is 18.1. The Bertz CT molecular complexity index is 749. The molecule has 1 unspecified atom stereocenters. The van der Waals surface area contributed by atoms with Gasteiger partial charge in [0.05, 0.1) is 5.69 Å². The van der Waals surface area contributed by atoms with E-state index in [2.05, 4.69) is 69.9 Å². The molecule has 29 heavy (non-hydrogen) atoms. The number of nitrogens with one attached hydrogen (secondary N) is 2. The van der Waals surface area contributed by atoms with Gasteiger partial charge in [-0.25, -0.2) is 0 Å². The molecule has 1 aromatic carbocycles. The molecule has 3 rings (SSSR count). The molecule has 0 radical (unpaired) electrons. The van der Waals surface area contributed by atoms with Crippen LogP contribution in [0.1, 0.15) is 42.8 Å². The fourth-order valence-electron chi connectivity index (χ4n) is 3.99. The third-order valence-electron chi connectivity index (χ3n) is 5.75. The van der Waals surface area contributed by atoms with Gasteiger partial charge in [-0.15, -0.1) is 0 Å². The van der Waals surface area contributed by atoms with Crippen LogP contribution in [0.2, 0.25) is 0 Å². The summed E-state index contributed by atoms with van der Waals surface area (Å²) in [7, 11) is 1.82. The van der Waals surface area contributed by atoms with Gasteiger partial charge in [-0.05, 0) is 37.3 Å². The van der Waals surface area contributed by atoms with E-state index in [4.69, 9.17) is 4.52 Å². The van der Waals surface area contributed by atoms with Crippen LogP contribution in [0.5, 0.6) is 0 Å². The number of likely N-dealkylation sites (tertiary alicyclic amines) is 1. The van der Waals surface area contributed by atoms with Crippen LogP contribution >= 0.6 is 0 Å². The summed E-state index contributed by atoms with van der Waals surface area (Å²) >= 11 is 0. The highest BCUT2D eigenvalue weighted by Gasteiger charge is 2.22. The van der Waals surface area contributed by atoms with Gasteiger partial charge in [0.1, 0.15) is 5.76 Å². The number of aliphatic imine (C=N–C) groups is 1. The van der Waals surface area contributed by atoms with Crippen molar-refractivity contribution in [3.63, 3.8) is 0 Å². The summed E-state index contributed by atoms with van der Waals surface area (Å²) in [5.41, 5.74) is 3.63. The molecular formula is C23H35N5O. The lowest BCUT2D eigenvalue weighted by Gasteiger charge is -2.17. The van der Waals surface area contributed by atoms with Crippen molar-refractivity contribution < 1.29 is 4.52 Å². The second kappa shape index (κ2) is 11.0. The monoisotopic (exact) mass is 397 g/mol. The van der Waals surface area contributed by atoms with E-state index in [0.29, 0.717) is 12.5 Å². The molecule has 0 amide bonds. The fourth-order valence-corrected chi connectivity index (χ4v) is 3.99. The Morgan fingerprint density at radius 3 is 2.76 bits per heavy atom. The first-order valence-corrected chi connectivity index (χ1v) is 10.9. The lowest BCUT2D eigenvalue weighted by molar-refractivity contribution is 0.328. The largest absolute Gasteiger partial charge is 0.361 e. The topological polar surface area (TPSA) is 65.7 Å². The van der Waals surface area contributed by atoms with Crippen molar-refractivity contribution in [2.45, 2.75) is 46.1 Å². The third kappa shape index (κ3) is 6.07. The van der Waals surface area contributed by atoms with Crippen molar-refractivity contribution in [2.24, 2.45) is 10.9 Å². The van der Waals surface area contributed by atoms with E-state index in [1.165, 1.54) is 24.1 Å². The second-order valence-electron chi connectivity index (χ2n) is 7.74. The number of benzene rings is 1. The molecule has 6 nitrogen and oxygen atoms in total. The van der Waals surface area contributed by atoms with Crippen molar-refractivity contribution in [1.29, 1.82) is 0 Å². The highest BCUT2D eigenvalue weighted by Crippen LogP contribution is 2.17.